The van der Waals surface area contributed by atoms with Crippen molar-refractivity contribution in [3.05, 3.63) is 88.7 Å². The predicted molar refractivity (Wildman–Crippen MR) is 111 cm³/mol. The molecular formula is C21H24ClN5. The van der Waals surface area contributed by atoms with Gasteiger partial charge in [0.25, 0.3) is 0 Å². The van der Waals surface area contributed by atoms with E-state index < -0.39 is 0 Å². The number of aliphatic imine (C=N–C) groups is 1. The van der Waals surface area contributed by atoms with Crippen LogP contribution in [0.4, 0.5) is 0 Å². The third-order valence-electron chi connectivity index (χ3n) is 4.30. The van der Waals surface area contributed by atoms with Gasteiger partial charge >= 0.3 is 0 Å². The molecule has 2 aromatic carbocycles. The second-order valence-electron chi connectivity index (χ2n) is 6.20. The number of hydrogen-bond acceptors (Lipinski definition) is 2. The monoisotopic (exact) mass is 381 g/mol. The molecule has 0 saturated heterocycles. The fourth-order valence-electron chi connectivity index (χ4n) is 2.83. The molecule has 0 aliphatic heterocycles. The molecule has 0 saturated carbocycles. The van der Waals surface area contributed by atoms with Crippen molar-refractivity contribution in [3.63, 3.8) is 0 Å². The van der Waals surface area contributed by atoms with Crippen molar-refractivity contribution in [3.8, 4) is 0 Å². The number of nitrogens with zero attached hydrogens (tertiary/aromatic N) is 3. The van der Waals surface area contributed by atoms with E-state index in [1.54, 1.807) is 13.2 Å². The summed E-state index contributed by atoms with van der Waals surface area (Å²) in [4.78, 5) is 4.31. The predicted octanol–water partition coefficient (Wildman–Crippen LogP) is 3.49. The van der Waals surface area contributed by atoms with Crippen molar-refractivity contribution in [1.82, 2.24) is 20.4 Å². The molecule has 0 unspecified atom stereocenters. The molecular weight excluding hydrogens is 358 g/mol. The van der Waals surface area contributed by atoms with E-state index in [2.05, 4.69) is 45.0 Å². The van der Waals surface area contributed by atoms with Gasteiger partial charge < -0.3 is 10.6 Å². The van der Waals surface area contributed by atoms with Gasteiger partial charge in [-0.2, -0.15) is 5.10 Å². The van der Waals surface area contributed by atoms with E-state index in [1.807, 2.05) is 41.2 Å². The summed E-state index contributed by atoms with van der Waals surface area (Å²) in [5.74, 6) is 0.790. The Hall–Kier alpha value is -2.79. The minimum atomic E-state index is 0.706. The lowest BCUT2D eigenvalue weighted by Gasteiger charge is -2.14. The first-order chi connectivity index (χ1) is 13.2. The number of nitrogens with one attached hydrogen (secondary N) is 2. The van der Waals surface area contributed by atoms with Gasteiger partial charge in [-0.1, -0.05) is 48.0 Å². The number of aromatic nitrogens is 2. The van der Waals surface area contributed by atoms with Crippen LogP contribution in [-0.2, 0) is 19.5 Å². The van der Waals surface area contributed by atoms with E-state index in [4.69, 9.17) is 11.6 Å². The van der Waals surface area contributed by atoms with Gasteiger partial charge in [-0.15, -0.1) is 0 Å². The average molecular weight is 382 g/mol. The summed E-state index contributed by atoms with van der Waals surface area (Å²) in [7, 11) is 1.78. The summed E-state index contributed by atoms with van der Waals surface area (Å²) in [5, 5.41) is 11.8. The maximum absolute atomic E-state index is 5.93. The number of benzene rings is 2. The third-order valence-corrected chi connectivity index (χ3v) is 4.55. The Morgan fingerprint density at radius 3 is 2.52 bits per heavy atom. The maximum atomic E-state index is 5.93. The molecule has 0 bridgehead atoms. The number of rotatable bonds is 7. The van der Waals surface area contributed by atoms with E-state index in [9.17, 15) is 0 Å². The van der Waals surface area contributed by atoms with E-state index in [0.29, 0.717) is 6.54 Å². The second-order valence-corrected chi connectivity index (χ2v) is 6.64. The summed E-state index contributed by atoms with van der Waals surface area (Å²) in [5.41, 5.74) is 3.71. The average Bonchev–Trinajstić information content (AvgIpc) is 3.20. The minimum Gasteiger partial charge on any atom is -0.356 e. The van der Waals surface area contributed by atoms with Crippen molar-refractivity contribution < 1.29 is 0 Å². The van der Waals surface area contributed by atoms with Crippen molar-refractivity contribution in [1.29, 1.82) is 0 Å². The first kappa shape index (κ1) is 19.0. The molecule has 0 atom stereocenters. The Morgan fingerprint density at radius 1 is 1.04 bits per heavy atom. The van der Waals surface area contributed by atoms with Crippen LogP contribution < -0.4 is 10.6 Å². The van der Waals surface area contributed by atoms with Crippen LogP contribution in [0.5, 0.6) is 0 Å². The first-order valence-electron chi connectivity index (χ1n) is 8.98. The van der Waals surface area contributed by atoms with E-state index in [0.717, 1.165) is 30.5 Å². The highest BCUT2D eigenvalue weighted by Gasteiger charge is 2.05. The van der Waals surface area contributed by atoms with Gasteiger partial charge in [-0.25, -0.2) is 0 Å². The molecule has 2 N–H and O–H groups in total. The molecule has 27 heavy (non-hydrogen) atoms. The number of hydrogen-bond donors (Lipinski definition) is 2. The minimum absolute atomic E-state index is 0.706. The molecule has 0 aliphatic carbocycles. The SMILES string of the molecule is CN=C(NCCc1ccc(Cl)cc1)NCc1ccccc1Cn1cccn1. The van der Waals surface area contributed by atoms with Crippen LogP contribution in [-0.4, -0.2) is 29.3 Å². The van der Waals surface area contributed by atoms with Crippen molar-refractivity contribution in [2.75, 3.05) is 13.6 Å². The largest absolute Gasteiger partial charge is 0.356 e. The summed E-state index contributed by atoms with van der Waals surface area (Å²) in [6.45, 7) is 2.27. The second kappa shape index (κ2) is 9.78. The molecule has 0 spiro atoms. The van der Waals surface area contributed by atoms with Gasteiger partial charge in [0.05, 0.1) is 6.54 Å². The normalized spacial score (nSPS) is 11.4. The summed E-state index contributed by atoms with van der Waals surface area (Å²) < 4.78 is 1.93. The Balaban J connectivity index is 1.51. The van der Waals surface area contributed by atoms with Crippen molar-refractivity contribution in [2.24, 2.45) is 4.99 Å². The summed E-state index contributed by atoms with van der Waals surface area (Å²) >= 11 is 5.93. The lowest BCUT2D eigenvalue weighted by atomic mass is 10.1. The number of halogens is 1. The first-order valence-corrected chi connectivity index (χ1v) is 9.35. The molecule has 0 amide bonds. The number of guanidine groups is 1. The fraction of sp³-hybridized carbons (Fsp3) is 0.238. The zero-order valence-electron chi connectivity index (χ0n) is 15.4. The van der Waals surface area contributed by atoms with Gasteiger partial charge in [-0.3, -0.25) is 9.67 Å². The molecule has 3 aromatic rings. The van der Waals surface area contributed by atoms with E-state index >= 15 is 0 Å². The Morgan fingerprint density at radius 2 is 1.81 bits per heavy atom. The fourth-order valence-corrected chi connectivity index (χ4v) is 2.95. The highest BCUT2D eigenvalue weighted by atomic mass is 35.5. The Labute approximate surface area is 165 Å². The molecule has 0 radical (unpaired) electrons. The van der Waals surface area contributed by atoms with Gasteiger partial charge in [0.2, 0.25) is 0 Å². The Bertz CT molecular complexity index is 857. The molecule has 0 fully saturated rings. The van der Waals surface area contributed by atoms with Gasteiger partial charge in [-0.05, 0) is 41.3 Å². The van der Waals surface area contributed by atoms with E-state index in [1.165, 1.54) is 16.7 Å². The highest BCUT2D eigenvalue weighted by Crippen LogP contribution is 2.11. The smallest absolute Gasteiger partial charge is 0.191 e. The van der Waals surface area contributed by atoms with Gasteiger partial charge in [0.1, 0.15) is 0 Å². The van der Waals surface area contributed by atoms with Crippen LogP contribution in [0.2, 0.25) is 5.02 Å². The molecule has 1 aromatic heterocycles. The Kier molecular flexibility index (Phi) is 6.88. The lowest BCUT2D eigenvalue weighted by molar-refractivity contribution is 0.677. The third kappa shape index (κ3) is 5.86. The lowest BCUT2D eigenvalue weighted by Crippen LogP contribution is -2.38. The molecule has 0 aliphatic rings. The van der Waals surface area contributed by atoms with E-state index in [-0.39, 0.29) is 0 Å². The zero-order chi connectivity index (χ0) is 18.9. The van der Waals surface area contributed by atoms with Crippen molar-refractivity contribution in [2.45, 2.75) is 19.5 Å². The van der Waals surface area contributed by atoms with Crippen molar-refractivity contribution >= 4 is 17.6 Å². The molecule has 5 nitrogen and oxygen atoms in total. The van der Waals surface area contributed by atoms with Crippen LogP contribution >= 0.6 is 11.6 Å². The summed E-state index contributed by atoms with van der Waals surface area (Å²) in [6, 6.07) is 18.2. The molecule has 6 heteroatoms. The van der Waals surface area contributed by atoms with Crippen LogP contribution in [0, 0.1) is 0 Å². The maximum Gasteiger partial charge on any atom is 0.191 e. The van der Waals surface area contributed by atoms with Crippen LogP contribution in [0.25, 0.3) is 0 Å². The van der Waals surface area contributed by atoms with Gasteiger partial charge in [0.15, 0.2) is 5.96 Å². The zero-order valence-corrected chi connectivity index (χ0v) is 16.2. The van der Waals surface area contributed by atoms with Crippen LogP contribution in [0.1, 0.15) is 16.7 Å². The quantitative estimate of drug-likeness (QED) is 0.486. The standard InChI is InChI=1S/C21H24ClN5/c1-23-21(24-13-11-17-7-9-20(22)10-8-17)25-15-18-5-2-3-6-19(18)16-27-14-4-12-26-27/h2-10,12,14H,11,13,15-16H2,1H3,(H2,23,24,25). The van der Waals surface area contributed by atoms with Crippen LogP contribution in [0.15, 0.2) is 72.0 Å². The summed E-state index contributed by atoms with van der Waals surface area (Å²) in [6.07, 6.45) is 4.68. The molecule has 140 valence electrons. The topological polar surface area (TPSA) is 54.2 Å². The molecule has 3 rings (SSSR count). The van der Waals surface area contributed by atoms with Crippen LogP contribution in [0.3, 0.4) is 0 Å². The molecule has 1 heterocycles. The highest BCUT2D eigenvalue weighted by molar-refractivity contribution is 6.30. The van der Waals surface area contributed by atoms with Gasteiger partial charge in [0, 0.05) is 37.6 Å².